The van der Waals surface area contributed by atoms with Crippen LogP contribution in [-0.2, 0) is 113 Å². The number of allylic oxidation sites excluding steroid dienone is 2. The lowest BCUT2D eigenvalue weighted by Gasteiger charge is -2.25. The third-order valence-electron chi connectivity index (χ3n) is 13.5. The molecule has 0 aromatic heterocycles. The Bertz CT molecular complexity index is 3550. The Morgan fingerprint density at radius 1 is 0.386 bits per heavy atom. The highest BCUT2D eigenvalue weighted by Crippen LogP contribution is 2.29. The summed E-state index contributed by atoms with van der Waals surface area (Å²) in [6.45, 7) is 12.6. The Morgan fingerprint density at radius 2 is 0.711 bits per heavy atom. The van der Waals surface area contributed by atoms with E-state index in [1.165, 1.54) is 18.2 Å². The van der Waals surface area contributed by atoms with Crippen LogP contribution in [0, 0.1) is 0 Å². The fourth-order valence-corrected chi connectivity index (χ4v) is 7.82. The normalized spacial score (nSPS) is 16.5. The minimum atomic E-state index is -4.31. The van der Waals surface area contributed by atoms with E-state index in [-0.39, 0.29) is 67.9 Å². The molecule has 9 rings (SSSR count). The number of ether oxygens (including phenoxy) is 11. The second-order valence-electron chi connectivity index (χ2n) is 23.5. The summed E-state index contributed by atoms with van der Waals surface area (Å²) >= 11 is 0. The molecule has 0 radical (unpaired) electrons. The van der Waals surface area contributed by atoms with E-state index in [2.05, 4.69) is 23.3 Å². The summed E-state index contributed by atoms with van der Waals surface area (Å²) in [5.74, 6) is -7.11. The van der Waals surface area contributed by atoms with E-state index in [9.17, 15) is 83.9 Å². The van der Waals surface area contributed by atoms with Gasteiger partial charge in [0.1, 0.15) is 43.7 Å². The molecular formula is C80H98F6O28. The van der Waals surface area contributed by atoms with Gasteiger partial charge in [-0.05, 0) is 67.2 Å². The molecule has 5 saturated heterocycles. The van der Waals surface area contributed by atoms with Crippen molar-refractivity contribution in [2.24, 2.45) is 0 Å². The number of hydrogen-bond donors (Lipinski definition) is 5. The number of rotatable bonds is 33. The third-order valence-corrected chi connectivity index (χ3v) is 13.5. The summed E-state index contributed by atoms with van der Waals surface area (Å²) in [6.07, 6.45) is 7.44. The lowest BCUT2D eigenvalue weighted by atomic mass is 10.1. The molecule has 34 heteroatoms. The lowest BCUT2D eigenvalue weighted by molar-refractivity contribution is -0.195. The molecule has 0 spiro atoms. The molecule has 5 heterocycles. The number of carbonyl (C=O) groups is 12. The monoisotopic (exact) mass is 1620 g/mol. The minimum absolute atomic E-state index is 0.0220. The molecule has 0 bridgehead atoms. The van der Waals surface area contributed by atoms with Gasteiger partial charge in [-0.2, -0.15) is 26.3 Å². The van der Waals surface area contributed by atoms with Crippen LogP contribution in [0.1, 0.15) is 143 Å². The van der Waals surface area contributed by atoms with Crippen molar-refractivity contribution in [2.75, 3.05) is 52.9 Å². The van der Waals surface area contributed by atoms with Crippen molar-refractivity contribution in [2.45, 2.75) is 167 Å². The van der Waals surface area contributed by atoms with Gasteiger partial charge in [-0.15, -0.1) is 0 Å². The van der Waals surface area contributed by atoms with Gasteiger partial charge in [0.05, 0.1) is 95.7 Å². The number of hydrogen-bond acceptors (Lipinski definition) is 23. The smallest absolute Gasteiger partial charge is 0.392 e. The maximum Gasteiger partial charge on any atom is 0.392 e. The molecule has 4 aromatic rings. The predicted octanol–water partition coefficient (Wildman–Crippen LogP) is 13.2. The molecule has 5 atom stereocenters. The highest BCUT2D eigenvalue weighted by atomic mass is 19.4. The topological polar surface area (TPSA) is 408 Å². The third kappa shape index (κ3) is 62.3. The quantitative estimate of drug-likeness (QED) is 0.00972. The first kappa shape index (κ1) is 103. The number of esters is 7. The Balaban J connectivity index is 0.00000126. The average Bonchev–Trinajstić information content (AvgIpc) is 0.760. The van der Waals surface area contributed by atoms with E-state index in [1.807, 2.05) is 80.6 Å². The maximum atomic E-state index is 11.5. The van der Waals surface area contributed by atoms with Crippen molar-refractivity contribution in [1.82, 2.24) is 0 Å². The number of cyclic esters (lactones) is 5. The number of carbonyl (C=O) groups excluding carboxylic acids is 7. The average molecular weight is 1620 g/mol. The molecular weight excluding hydrogens is 1520 g/mol. The summed E-state index contributed by atoms with van der Waals surface area (Å²) in [5.41, 5.74) is 3.17. The van der Waals surface area contributed by atoms with Crippen LogP contribution in [0.25, 0.3) is 0 Å². The first-order chi connectivity index (χ1) is 54.2. The van der Waals surface area contributed by atoms with Crippen LogP contribution < -0.4 is 0 Å². The van der Waals surface area contributed by atoms with Gasteiger partial charge in [0.2, 0.25) is 0 Å². The van der Waals surface area contributed by atoms with Crippen LogP contribution in [0.2, 0.25) is 0 Å². The first-order valence-corrected chi connectivity index (χ1v) is 35.6. The van der Waals surface area contributed by atoms with E-state index in [4.69, 9.17) is 68.2 Å². The number of unbranched alkanes of at least 4 members (excludes halogenated alkanes) is 2. The minimum Gasteiger partial charge on any atom is -0.478 e. The van der Waals surface area contributed by atoms with Crippen LogP contribution in [0.15, 0.2) is 182 Å². The van der Waals surface area contributed by atoms with Gasteiger partial charge in [-0.25, -0.2) is 33.6 Å². The largest absolute Gasteiger partial charge is 0.478 e. The molecule has 5 fully saturated rings. The molecule has 5 aliphatic heterocycles. The van der Waals surface area contributed by atoms with Gasteiger partial charge >= 0.3 is 84.0 Å². The van der Waals surface area contributed by atoms with Crippen molar-refractivity contribution < 1.29 is 162 Å². The van der Waals surface area contributed by atoms with Crippen molar-refractivity contribution >= 4 is 71.6 Å². The molecule has 628 valence electrons. The number of alkyl halides is 6. The molecule has 114 heavy (non-hydrogen) atoms. The number of carboxylic acids is 5. The Labute approximate surface area is 655 Å². The van der Waals surface area contributed by atoms with Crippen LogP contribution >= 0.6 is 0 Å². The summed E-state index contributed by atoms with van der Waals surface area (Å²) in [7, 11) is 0. The second kappa shape index (κ2) is 63.2. The standard InChI is InChI=1S/2C11H10O4.2C11H12O3.2C8H14O3.2C5H5F3O2.2C5H8O2/c12-10-6-9(15-10)7-14-11(13)8-4-2-1-3-5-8;12-10(13)7-4-8-15-11(14)9-5-2-1-3-6-9;12-11-6-10(14-11)8-13-7-9-4-2-1-3-5-9;12-11(13)7-4-8-14-9-10-5-2-1-3-6-10;1-2-3-4-10-6-7-5-8(9)11-7;1-2-3-6-11-7-4-5-8(9)10;6-5(7,8)2-3-1-4(9)10-3;6-5(7,8)3-1-2-4(9)10;1-2-4-3-5(6)7-4;1-2-3-4-5(6)7/h1-5,9H,6-7H2;1-7H,8H2,(H,12,13);1-5,10H,6-8H2;1-7H,8-9H2,(H,12,13);7H,2-6H2,1H3;4-5H,2-3,6-7H2,1H3,(H,9,10);3H,1-2H2;1-2H,3H2,(H,9,10);4H,2-3H2,1H3;3-4H,2H2,1H3,(H,6,7). The van der Waals surface area contributed by atoms with Gasteiger partial charge < -0.3 is 77.6 Å². The lowest BCUT2D eigenvalue weighted by Crippen LogP contribution is -2.37. The Hall–Kier alpha value is -11.4. The molecule has 0 amide bonds. The summed E-state index contributed by atoms with van der Waals surface area (Å²) in [4.78, 5) is 123. The molecule has 5 unspecified atom stereocenters. The summed E-state index contributed by atoms with van der Waals surface area (Å²) < 4.78 is 122. The number of carboxylic acid groups (broad SMARTS) is 5. The number of halogens is 6. The predicted molar refractivity (Wildman–Crippen MR) is 395 cm³/mol. The van der Waals surface area contributed by atoms with Crippen LogP contribution in [-0.4, -0.2) is 193 Å². The highest BCUT2D eigenvalue weighted by Gasteiger charge is 2.40. The summed E-state index contributed by atoms with van der Waals surface area (Å²) in [5, 5.41) is 40.5. The highest BCUT2D eigenvalue weighted by molar-refractivity contribution is 5.90. The van der Waals surface area contributed by atoms with Gasteiger partial charge in [-0.1, -0.05) is 162 Å². The van der Waals surface area contributed by atoms with Crippen LogP contribution in [0.5, 0.6) is 0 Å². The van der Waals surface area contributed by atoms with E-state index in [1.54, 1.807) is 60.7 Å². The van der Waals surface area contributed by atoms with E-state index in [0.717, 1.165) is 80.6 Å². The van der Waals surface area contributed by atoms with Crippen LogP contribution in [0.3, 0.4) is 0 Å². The maximum absolute atomic E-state index is 11.5. The van der Waals surface area contributed by atoms with Crippen molar-refractivity contribution in [3.63, 3.8) is 0 Å². The van der Waals surface area contributed by atoms with Gasteiger partial charge in [0, 0.05) is 43.6 Å². The molecule has 5 aliphatic rings. The van der Waals surface area contributed by atoms with E-state index < -0.39 is 79.1 Å². The molecule has 5 N–H and O–H groups in total. The zero-order chi connectivity index (χ0) is 85.4. The molecule has 28 nitrogen and oxygen atoms in total. The van der Waals surface area contributed by atoms with E-state index in [0.29, 0.717) is 95.2 Å². The fraction of sp³-hybridized carbons (Fsp3) is 0.425. The van der Waals surface area contributed by atoms with Gasteiger partial charge in [-0.3, -0.25) is 24.0 Å². The van der Waals surface area contributed by atoms with Crippen molar-refractivity contribution in [3.05, 3.63) is 204 Å². The molecule has 0 aliphatic carbocycles. The Kier molecular flexibility index (Phi) is 56.9. The van der Waals surface area contributed by atoms with Crippen LogP contribution in [0.4, 0.5) is 26.3 Å². The first-order valence-electron chi connectivity index (χ1n) is 35.6. The zero-order valence-corrected chi connectivity index (χ0v) is 63.4. The molecule has 4 aromatic carbocycles. The fourth-order valence-electron chi connectivity index (χ4n) is 7.82. The second-order valence-corrected chi connectivity index (χ2v) is 23.5. The molecule has 0 saturated carbocycles. The number of benzene rings is 4. The van der Waals surface area contributed by atoms with Crippen molar-refractivity contribution in [1.29, 1.82) is 0 Å². The van der Waals surface area contributed by atoms with Gasteiger partial charge in [0.15, 0.2) is 0 Å². The van der Waals surface area contributed by atoms with Gasteiger partial charge in [0.25, 0.3) is 0 Å². The van der Waals surface area contributed by atoms with E-state index >= 15 is 0 Å². The zero-order valence-electron chi connectivity index (χ0n) is 63.4. The SMILES string of the molecule is CCC1CC(=O)O1.CCC=CC(=O)O.CCCCOCC1CC(=O)O1.CCCCOCC=CC(=O)O.O=C(O)C=CCC(F)(F)F.O=C(O)C=CCOC(=O)c1ccccc1.O=C(O)C=CCOCc1ccccc1.O=C1CC(CC(F)(F)F)O1.O=C1CC(COC(=O)c2ccccc2)O1.O=C1CC(COCc2ccccc2)O1. The summed E-state index contributed by atoms with van der Waals surface area (Å²) in [6, 6.07) is 36.9. The number of aliphatic carboxylic acids is 5. The van der Waals surface area contributed by atoms with Crippen molar-refractivity contribution in [3.8, 4) is 0 Å². The Morgan fingerprint density at radius 3 is 1.06 bits per heavy atom.